The smallest absolute Gasteiger partial charge is 0.138 e. The topological polar surface area (TPSA) is 49.5 Å². The van der Waals surface area contributed by atoms with Gasteiger partial charge in [0.15, 0.2) is 0 Å². The van der Waals surface area contributed by atoms with E-state index in [1.54, 1.807) is 0 Å². The predicted octanol–water partition coefficient (Wildman–Crippen LogP) is 2.66. The summed E-state index contributed by atoms with van der Waals surface area (Å²) in [5, 5.41) is 10.1. The second-order valence-corrected chi connectivity index (χ2v) is 7.08. The van der Waals surface area contributed by atoms with Crippen molar-refractivity contribution in [3.8, 4) is 5.75 Å². The van der Waals surface area contributed by atoms with Gasteiger partial charge in [0.2, 0.25) is 0 Å². The third kappa shape index (κ3) is 1.50. The number of hydrogen-bond acceptors (Lipinski definition) is 3. The minimum Gasteiger partial charge on any atom is -0.506 e. The second kappa shape index (κ2) is 4.14. The molecule has 1 aromatic rings. The number of piperidine rings is 1. The molecular weight excluding hydrogens is 248 g/mol. The van der Waals surface area contributed by atoms with Crippen LogP contribution in [0.3, 0.4) is 0 Å². The average Bonchev–Trinajstić information content (AvgIpc) is 2.45. The summed E-state index contributed by atoms with van der Waals surface area (Å²) in [5.41, 5.74) is 9.58. The first-order chi connectivity index (χ1) is 9.62. The van der Waals surface area contributed by atoms with Crippen molar-refractivity contribution >= 4 is 5.69 Å². The van der Waals surface area contributed by atoms with Crippen molar-refractivity contribution in [2.75, 3.05) is 19.3 Å². The zero-order valence-corrected chi connectivity index (χ0v) is 12.2. The summed E-state index contributed by atoms with van der Waals surface area (Å²) in [6.45, 7) is 1.19. The highest BCUT2D eigenvalue weighted by Gasteiger charge is 2.53. The third-order valence-corrected chi connectivity index (χ3v) is 6.26. The lowest BCUT2D eigenvalue weighted by Gasteiger charge is -2.58. The minimum absolute atomic E-state index is 0.278. The van der Waals surface area contributed by atoms with Gasteiger partial charge >= 0.3 is 0 Å². The molecule has 2 fully saturated rings. The standard InChI is InChI=1S/C17H24N2O/c1-19-7-6-17-5-3-2-4-12(17)15(19)9-11-8-14(18)16(20)10-13(11)17/h8,10,12,15,20H,2-7,9,18H2,1H3/t12-,15-,17-/m1/s1. The van der Waals surface area contributed by atoms with Crippen molar-refractivity contribution in [3.05, 3.63) is 23.3 Å². The number of nitrogens with two attached hydrogens (primary N) is 1. The summed E-state index contributed by atoms with van der Waals surface area (Å²) >= 11 is 0. The quantitative estimate of drug-likeness (QED) is 0.564. The number of phenolic OH excluding ortho intramolecular Hbond substituents is 1. The van der Waals surface area contributed by atoms with Crippen LogP contribution in [-0.2, 0) is 11.8 Å². The van der Waals surface area contributed by atoms with Gasteiger partial charge in [-0.05, 0) is 68.5 Å². The van der Waals surface area contributed by atoms with Gasteiger partial charge in [0.1, 0.15) is 5.75 Å². The van der Waals surface area contributed by atoms with Crippen molar-refractivity contribution in [1.29, 1.82) is 0 Å². The Kier molecular flexibility index (Phi) is 2.59. The minimum atomic E-state index is 0.278. The largest absolute Gasteiger partial charge is 0.506 e. The second-order valence-electron chi connectivity index (χ2n) is 7.08. The summed E-state index contributed by atoms with van der Waals surface area (Å²) in [6.07, 6.45) is 7.67. The number of benzene rings is 1. The molecule has 2 bridgehead atoms. The van der Waals surface area contributed by atoms with E-state index in [0.717, 1.165) is 12.3 Å². The molecule has 108 valence electrons. The number of anilines is 1. The molecular formula is C17H24N2O. The van der Waals surface area contributed by atoms with Gasteiger partial charge in [-0.2, -0.15) is 0 Å². The molecule has 3 heteroatoms. The van der Waals surface area contributed by atoms with Crippen molar-refractivity contribution in [1.82, 2.24) is 4.90 Å². The first-order valence-electron chi connectivity index (χ1n) is 7.94. The van der Waals surface area contributed by atoms with Crippen LogP contribution in [0.4, 0.5) is 5.69 Å². The normalized spacial score (nSPS) is 36.2. The number of nitrogens with zero attached hydrogens (tertiary/aromatic N) is 1. The van der Waals surface area contributed by atoms with Gasteiger partial charge in [0.25, 0.3) is 0 Å². The molecule has 0 unspecified atom stereocenters. The Balaban J connectivity index is 1.92. The number of fused-ring (bicyclic) bond motifs is 1. The van der Waals surface area contributed by atoms with Crippen LogP contribution in [-0.4, -0.2) is 29.6 Å². The first kappa shape index (κ1) is 12.5. The van der Waals surface area contributed by atoms with Gasteiger partial charge in [0, 0.05) is 11.5 Å². The Morgan fingerprint density at radius 3 is 3.00 bits per heavy atom. The SMILES string of the molecule is CN1CC[C@]23CCCC[C@@H]2[C@H]1Cc1cc(N)c(O)cc13. The number of hydrogen-bond donors (Lipinski definition) is 2. The molecule has 4 rings (SSSR count). The Morgan fingerprint density at radius 2 is 2.15 bits per heavy atom. The number of likely N-dealkylation sites (N-methyl/N-ethyl adjacent to an activating group) is 1. The number of aromatic hydroxyl groups is 1. The molecule has 0 spiro atoms. The fourth-order valence-corrected chi connectivity index (χ4v) is 5.26. The van der Waals surface area contributed by atoms with Gasteiger partial charge in [-0.3, -0.25) is 0 Å². The van der Waals surface area contributed by atoms with Gasteiger partial charge in [0.05, 0.1) is 5.69 Å². The van der Waals surface area contributed by atoms with Gasteiger partial charge in [-0.15, -0.1) is 0 Å². The Bertz CT molecular complexity index is 556. The third-order valence-electron chi connectivity index (χ3n) is 6.26. The predicted molar refractivity (Wildman–Crippen MR) is 80.9 cm³/mol. The van der Waals surface area contributed by atoms with Crippen molar-refractivity contribution < 1.29 is 5.11 Å². The summed E-state index contributed by atoms with van der Waals surface area (Å²) in [6, 6.07) is 4.69. The van der Waals surface area contributed by atoms with Crippen LogP contribution in [0.15, 0.2) is 12.1 Å². The van der Waals surface area contributed by atoms with E-state index in [-0.39, 0.29) is 5.75 Å². The van der Waals surface area contributed by atoms with Crippen LogP contribution in [0, 0.1) is 5.92 Å². The molecule has 3 N–H and O–H groups in total. The van der Waals surface area contributed by atoms with E-state index in [9.17, 15) is 5.11 Å². The molecule has 20 heavy (non-hydrogen) atoms. The molecule has 1 saturated carbocycles. The molecule has 0 radical (unpaired) electrons. The molecule has 0 amide bonds. The highest BCUT2D eigenvalue weighted by Crippen LogP contribution is 2.56. The number of likely N-dealkylation sites (tertiary alicyclic amines) is 1. The zero-order valence-electron chi connectivity index (χ0n) is 12.2. The maximum absolute atomic E-state index is 10.1. The van der Waals surface area contributed by atoms with Crippen LogP contribution < -0.4 is 5.73 Å². The van der Waals surface area contributed by atoms with E-state index in [1.807, 2.05) is 12.1 Å². The van der Waals surface area contributed by atoms with Crippen LogP contribution >= 0.6 is 0 Å². The molecule has 3 aliphatic rings. The molecule has 3 atom stereocenters. The highest BCUT2D eigenvalue weighted by atomic mass is 16.3. The molecule has 3 nitrogen and oxygen atoms in total. The Labute approximate surface area is 120 Å². The lowest BCUT2D eigenvalue weighted by molar-refractivity contribution is 0.00277. The summed E-state index contributed by atoms with van der Waals surface area (Å²) in [7, 11) is 2.28. The average molecular weight is 272 g/mol. The van der Waals surface area contributed by atoms with Crippen molar-refractivity contribution in [3.63, 3.8) is 0 Å². The maximum Gasteiger partial charge on any atom is 0.138 e. The Morgan fingerprint density at radius 1 is 1.30 bits per heavy atom. The fourth-order valence-electron chi connectivity index (χ4n) is 5.26. The molecule has 1 aliphatic heterocycles. The fraction of sp³-hybridized carbons (Fsp3) is 0.647. The lowest BCUT2D eigenvalue weighted by Crippen LogP contribution is -2.59. The summed E-state index contributed by atoms with van der Waals surface area (Å²) in [4.78, 5) is 2.56. The molecule has 0 aromatic heterocycles. The lowest BCUT2D eigenvalue weighted by atomic mass is 9.52. The molecule has 2 aliphatic carbocycles. The zero-order chi connectivity index (χ0) is 13.9. The van der Waals surface area contributed by atoms with Crippen LogP contribution in [0.1, 0.15) is 43.2 Å². The van der Waals surface area contributed by atoms with E-state index < -0.39 is 0 Å². The summed E-state index contributed by atoms with van der Waals surface area (Å²) in [5.74, 6) is 1.05. The van der Waals surface area contributed by atoms with Crippen molar-refractivity contribution in [2.24, 2.45) is 5.92 Å². The number of nitrogen functional groups attached to an aromatic ring is 1. The number of phenols is 1. The van der Waals surface area contributed by atoms with E-state index in [4.69, 9.17) is 5.73 Å². The number of rotatable bonds is 0. The Hall–Kier alpha value is -1.22. The van der Waals surface area contributed by atoms with Crippen LogP contribution in [0.5, 0.6) is 5.75 Å². The maximum atomic E-state index is 10.1. The van der Waals surface area contributed by atoms with E-state index >= 15 is 0 Å². The first-order valence-corrected chi connectivity index (χ1v) is 7.94. The van der Waals surface area contributed by atoms with E-state index in [2.05, 4.69) is 11.9 Å². The van der Waals surface area contributed by atoms with Gasteiger partial charge in [-0.1, -0.05) is 12.8 Å². The van der Waals surface area contributed by atoms with Gasteiger partial charge < -0.3 is 15.7 Å². The van der Waals surface area contributed by atoms with Crippen LogP contribution in [0.25, 0.3) is 0 Å². The monoisotopic (exact) mass is 272 g/mol. The van der Waals surface area contributed by atoms with Gasteiger partial charge in [-0.25, -0.2) is 0 Å². The van der Waals surface area contributed by atoms with E-state index in [0.29, 0.717) is 17.1 Å². The van der Waals surface area contributed by atoms with Crippen LogP contribution in [0.2, 0.25) is 0 Å². The van der Waals surface area contributed by atoms with E-state index in [1.165, 1.54) is 49.8 Å². The summed E-state index contributed by atoms with van der Waals surface area (Å²) < 4.78 is 0. The molecule has 1 aromatic carbocycles. The van der Waals surface area contributed by atoms with Crippen molar-refractivity contribution in [2.45, 2.75) is 50.0 Å². The highest BCUT2D eigenvalue weighted by molar-refractivity contribution is 5.59. The molecule has 1 saturated heterocycles. The molecule has 1 heterocycles.